The standard InChI is InChI=1S/C22H26N4OS/c27-22(20-12-23-8-9-24-20)26-14-17-13-25(18-6-10-28-11-7-18)15-19(17)21(26)16-4-2-1-3-5-16/h1-5,8-9,12,17-19,21H,6-7,10-11,13-15H2/t17-,19-,21+/m0/s1. The second-order valence-electron chi connectivity index (χ2n) is 8.13. The van der Waals surface area contributed by atoms with Gasteiger partial charge in [0, 0.05) is 44.0 Å². The van der Waals surface area contributed by atoms with Crippen LogP contribution in [0.5, 0.6) is 0 Å². The molecule has 0 N–H and O–H groups in total. The van der Waals surface area contributed by atoms with Crippen molar-refractivity contribution in [3.63, 3.8) is 0 Å². The number of carbonyl (C=O) groups is 1. The van der Waals surface area contributed by atoms with E-state index in [4.69, 9.17) is 0 Å². The van der Waals surface area contributed by atoms with Crippen LogP contribution in [0, 0.1) is 11.8 Å². The highest BCUT2D eigenvalue weighted by Crippen LogP contribution is 2.46. The Hall–Kier alpha value is -1.92. The van der Waals surface area contributed by atoms with Crippen molar-refractivity contribution in [2.24, 2.45) is 11.8 Å². The van der Waals surface area contributed by atoms with Gasteiger partial charge in [-0.2, -0.15) is 11.8 Å². The molecule has 146 valence electrons. The van der Waals surface area contributed by atoms with Crippen LogP contribution in [0.15, 0.2) is 48.9 Å². The summed E-state index contributed by atoms with van der Waals surface area (Å²) >= 11 is 2.09. The lowest BCUT2D eigenvalue weighted by molar-refractivity contribution is 0.0685. The van der Waals surface area contributed by atoms with Crippen molar-refractivity contribution in [3.05, 3.63) is 60.2 Å². The van der Waals surface area contributed by atoms with E-state index in [1.807, 2.05) is 6.07 Å². The summed E-state index contributed by atoms with van der Waals surface area (Å²) in [6, 6.07) is 11.4. The SMILES string of the molecule is O=C(c1cnccn1)N1C[C@@H]2CN(C3CCSCC3)C[C@@H]2[C@H]1c1ccccc1. The van der Waals surface area contributed by atoms with Crippen LogP contribution in [0.1, 0.15) is 34.9 Å². The zero-order chi connectivity index (χ0) is 18.9. The molecule has 3 aliphatic rings. The van der Waals surface area contributed by atoms with Gasteiger partial charge in [-0.15, -0.1) is 0 Å². The molecule has 3 aliphatic heterocycles. The number of hydrogen-bond acceptors (Lipinski definition) is 5. The van der Waals surface area contributed by atoms with Gasteiger partial charge in [0.15, 0.2) is 0 Å². The van der Waals surface area contributed by atoms with E-state index >= 15 is 0 Å². The molecule has 1 aromatic heterocycles. The van der Waals surface area contributed by atoms with E-state index in [0.717, 1.165) is 25.7 Å². The molecule has 0 unspecified atom stereocenters. The van der Waals surface area contributed by atoms with E-state index in [2.05, 4.69) is 55.8 Å². The van der Waals surface area contributed by atoms with Crippen LogP contribution in [0.4, 0.5) is 0 Å². The first-order valence-corrected chi connectivity index (χ1v) is 11.4. The number of benzene rings is 1. The van der Waals surface area contributed by atoms with Crippen molar-refractivity contribution in [2.45, 2.75) is 24.9 Å². The van der Waals surface area contributed by atoms with Gasteiger partial charge in [-0.1, -0.05) is 30.3 Å². The topological polar surface area (TPSA) is 49.3 Å². The molecule has 0 radical (unpaired) electrons. The lowest BCUT2D eigenvalue weighted by atomic mass is 9.89. The Morgan fingerprint density at radius 1 is 1.04 bits per heavy atom. The number of hydrogen-bond donors (Lipinski definition) is 0. The van der Waals surface area contributed by atoms with Crippen LogP contribution in [0.25, 0.3) is 0 Å². The molecule has 28 heavy (non-hydrogen) atoms. The van der Waals surface area contributed by atoms with Crippen LogP contribution in [0.3, 0.4) is 0 Å². The summed E-state index contributed by atoms with van der Waals surface area (Å²) in [5.74, 6) is 3.63. The van der Waals surface area contributed by atoms with Crippen molar-refractivity contribution in [3.8, 4) is 0 Å². The third kappa shape index (κ3) is 3.33. The summed E-state index contributed by atoms with van der Waals surface area (Å²) in [4.78, 5) is 26.4. The van der Waals surface area contributed by atoms with Gasteiger partial charge in [-0.05, 0) is 35.8 Å². The van der Waals surface area contributed by atoms with Crippen molar-refractivity contribution in [1.29, 1.82) is 0 Å². The number of likely N-dealkylation sites (tertiary alicyclic amines) is 2. The summed E-state index contributed by atoms with van der Waals surface area (Å²) in [6.07, 6.45) is 7.42. The third-order valence-electron chi connectivity index (χ3n) is 6.58. The molecule has 5 nitrogen and oxygen atoms in total. The monoisotopic (exact) mass is 394 g/mol. The number of aromatic nitrogens is 2. The molecule has 5 rings (SSSR count). The van der Waals surface area contributed by atoms with Crippen molar-refractivity contribution in [1.82, 2.24) is 19.8 Å². The molecule has 0 aliphatic carbocycles. The van der Waals surface area contributed by atoms with Crippen LogP contribution >= 0.6 is 11.8 Å². The summed E-state index contributed by atoms with van der Waals surface area (Å²) in [5, 5.41) is 0. The fourth-order valence-electron chi connectivity index (χ4n) is 5.27. The molecule has 0 spiro atoms. The Labute approximate surface area is 170 Å². The molecule has 2 aromatic rings. The number of amides is 1. The number of carbonyl (C=O) groups excluding carboxylic acids is 1. The van der Waals surface area contributed by atoms with Gasteiger partial charge < -0.3 is 4.90 Å². The van der Waals surface area contributed by atoms with Gasteiger partial charge in [0.05, 0.1) is 12.2 Å². The second-order valence-corrected chi connectivity index (χ2v) is 9.35. The van der Waals surface area contributed by atoms with Gasteiger partial charge in [0.25, 0.3) is 5.91 Å². The molecule has 1 aromatic carbocycles. The van der Waals surface area contributed by atoms with Crippen LogP contribution < -0.4 is 0 Å². The lowest BCUT2D eigenvalue weighted by Crippen LogP contribution is -2.40. The highest BCUT2D eigenvalue weighted by Gasteiger charge is 2.50. The van der Waals surface area contributed by atoms with Gasteiger partial charge in [-0.3, -0.25) is 14.7 Å². The molecule has 3 atom stereocenters. The Balaban J connectivity index is 1.42. The number of fused-ring (bicyclic) bond motifs is 1. The van der Waals surface area contributed by atoms with E-state index in [0.29, 0.717) is 17.5 Å². The maximum Gasteiger partial charge on any atom is 0.274 e. The van der Waals surface area contributed by atoms with E-state index in [1.165, 1.54) is 29.9 Å². The molecule has 3 saturated heterocycles. The minimum Gasteiger partial charge on any atom is -0.330 e. The predicted octanol–water partition coefficient (Wildman–Crippen LogP) is 3.12. The first-order valence-electron chi connectivity index (χ1n) is 10.2. The average molecular weight is 395 g/mol. The number of rotatable bonds is 3. The second kappa shape index (κ2) is 7.84. The van der Waals surface area contributed by atoms with E-state index in [-0.39, 0.29) is 11.9 Å². The third-order valence-corrected chi connectivity index (χ3v) is 7.63. The molecule has 3 fully saturated rings. The van der Waals surface area contributed by atoms with Gasteiger partial charge in [-0.25, -0.2) is 4.98 Å². The Morgan fingerprint density at radius 2 is 1.86 bits per heavy atom. The van der Waals surface area contributed by atoms with Crippen LogP contribution in [-0.4, -0.2) is 62.9 Å². The van der Waals surface area contributed by atoms with Crippen molar-refractivity contribution in [2.75, 3.05) is 31.1 Å². The van der Waals surface area contributed by atoms with Crippen LogP contribution in [0.2, 0.25) is 0 Å². The Kier molecular flexibility index (Phi) is 5.07. The summed E-state index contributed by atoms with van der Waals surface area (Å²) in [7, 11) is 0. The fraction of sp³-hybridized carbons (Fsp3) is 0.500. The summed E-state index contributed by atoms with van der Waals surface area (Å²) in [6.45, 7) is 3.04. The molecule has 1 amide bonds. The Bertz CT molecular complexity index is 812. The first kappa shape index (κ1) is 18.1. The van der Waals surface area contributed by atoms with E-state index < -0.39 is 0 Å². The number of thioether (sulfide) groups is 1. The van der Waals surface area contributed by atoms with Crippen molar-refractivity contribution >= 4 is 17.7 Å². The Morgan fingerprint density at radius 3 is 2.61 bits per heavy atom. The van der Waals surface area contributed by atoms with Gasteiger partial charge in [0.1, 0.15) is 5.69 Å². The minimum absolute atomic E-state index is 0.0111. The molecular formula is C22H26N4OS. The van der Waals surface area contributed by atoms with Crippen LogP contribution in [-0.2, 0) is 0 Å². The smallest absolute Gasteiger partial charge is 0.274 e. The molecule has 6 heteroatoms. The molecule has 0 saturated carbocycles. The van der Waals surface area contributed by atoms with E-state index in [1.54, 1.807) is 18.6 Å². The average Bonchev–Trinajstić information content (AvgIpc) is 3.33. The minimum atomic E-state index is 0.0111. The van der Waals surface area contributed by atoms with Gasteiger partial charge >= 0.3 is 0 Å². The largest absolute Gasteiger partial charge is 0.330 e. The molecule has 0 bridgehead atoms. The zero-order valence-corrected chi connectivity index (χ0v) is 16.8. The fourth-order valence-corrected chi connectivity index (χ4v) is 6.35. The number of nitrogens with zero attached hydrogens (tertiary/aromatic N) is 4. The predicted molar refractivity (Wildman–Crippen MR) is 111 cm³/mol. The quantitative estimate of drug-likeness (QED) is 0.801. The maximum absolute atomic E-state index is 13.3. The lowest BCUT2D eigenvalue weighted by Gasteiger charge is -2.34. The maximum atomic E-state index is 13.3. The summed E-state index contributed by atoms with van der Waals surface area (Å²) in [5.41, 5.74) is 1.69. The highest BCUT2D eigenvalue weighted by atomic mass is 32.2. The first-order chi connectivity index (χ1) is 13.8. The van der Waals surface area contributed by atoms with Gasteiger partial charge in [0.2, 0.25) is 0 Å². The normalized spacial score (nSPS) is 28.4. The highest BCUT2D eigenvalue weighted by molar-refractivity contribution is 7.99. The molecule has 4 heterocycles. The zero-order valence-electron chi connectivity index (χ0n) is 16.0. The summed E-state index contributed by atoms with van der Waals surface area (Å²) < 4.78 is 0. The van der Waals surface area contributed by atoms with E-state index in [9.17, 15) is 4.79 Å². The molecular weight excluding hydrogens is 368 g/mol. The van der Waals surface area contributed by atoms with Crippen molar-refractivity contribution < 1.29 is 4.79 Å².